The summed E-state index contributed by atoms with van der Waals surface area (Å²) >= 11 is 1.34. The lowest BCUT2D eigenvalue weighted by molar-refractivity contribution is -0.112. The predicted octanol–water partition coefficient (Wildman–Crippen LogP) is 6.05. The zero-order valence-corrected chi connectivity index (χ0v) is 20.6. The predicted molar refractivity (Wildman–Crippen MR) is 138 cm³/mol. The van der Waals surface area contributed by atoms with Gasteiger partial charge in [0, 0.05) is 41.2 Å². The first-order chi connectivity index (χ1) is 16.9. The largest absolute Gasteiger partial charge is 0.347 e. The SMILES string of the molecule is CN1C(=CC(=O)CSc2nnc(-c3ccc(F)cc3)n2-c2ccccc2)C(C)(C)c2ccccc21. The van der Waals surface area contributed by atoms with E-state index in [-0.39, 0.29) is 22.8 Å². The van der Waals surface area contributed by atoms with E-state index >= 15 is 0 Å². The van der Waals surface area contributed by atoms with Crippen LogP contribution in [0.3, 0.4) is 0 Å². The Balaban J connectivity index is 1.42. The molecule has 0 atom stereocenters. The van der Waals surface area contributed by atoms with Gasteiger partial charge in [-0.15, -0.1) is 10.2 Å². The van der Waals surface area contributed by atoms with E-state index in [1.54, 1.807) is 18.2 Å². The number of aromatic nitrogens is 3. The molecule has 5 nitrogen and oxygen atoms in total. The molecule has 4 aromatic rings. The molecule has 5 rings (SSSR count). The van der Waals surface area contributed by atoms with Gasteiger partial charge in [0.1, 0.15) is 5.82 Å². The summed E-state index contributed by atoms with van der Waals surface area (Å²) in [7, 11) is 2.00. The third kappa shape index (κ3) is 4.28. The second-order valence-corrected chi connectivity index (χ2v) is 9.91. The van der Waals surface area contributed by atoms with Crippen molar-refractivity contribution in [1.29, 1.82) is 0 Å². The molecule has 2 heterocycles. The van der Waals surface area contributed by atoms with Gasteiger partial charge >= 0.3 is 0 Å². The average molecular weight is 485 g/mol. The van der Waals surface area contributed by atoms with Gasteiger partial charge in [-0.25, -0.2) is 4.39 Å². The summed E-state index contributed by atoms with van der Waals surface area (Å²) in [5.41, 5.74) is 4.66. The molecule has 3 aromatic carbocycles. The number of hydrogen-bond donors (Lipinski definition) is 0. The minimum atomic E-state index is -0.310. The third-order valence-electron chi connectivity index (χ3n) is 6.33. The fraction of sp³-hybridized carbons (Fsp3) is 0.179. The molecule has 0 fully saturated rings. The number of carbonyl (C=O) groups is 1. The number of benzene rings is 3. The van der Waals surface area contributed by atoms with E-state index in [9.17, 15) is 9.18 Å². The Labute approximate surface area is 208 Å². The number of para-hydroxylation sites is 2. The molecule has 35 heavy (non-hydrogen) atoms. The number of halogens is 1. The van der Waals surface area contributed by atoms with E-state index in [4.69, 9.17) is 0 Å². The van der Waals surface area contributed by atoms with Gasteiger partial charge in [-0.3, -0.25) is 9.36 Å². The van der Waals surface area contributed by atoms with Crippen LogP contribution < -0.4 is 4.90 Å². The first-order valence-electron chi connectivity index (χ1n) is 11.3. The first kappa shape index (κ1) is 23.1. The van der Waals surface area contributed by atoms with Gasteiger partial charge in [0.15, 0.2) is 16.8 Å². The second kappa shape index (κ2) is 9.15. The Morgan fingerprint density at radius 1 is 0.971 bits per heavy atom. The smallest absolute Gasteiger partial charge is 0.196 e. The summed E-state index contributed by atoms with van der Waals surface area (Å²) < 4.78 is 15.4. The van der Waals surface area contributed by atoms with Crippen molar-refractivity contribution >= 4 is 23.2 Å². The molecule has 0 saturated carbocycles. The molecule has 1 aliphatic heterocycles. The molecule has 0 saturated heterocycles. The molecule has 176 valence electrons. The highest BCUT2D eigenvalue weighted by Crippen LogP contribution is 2.46. The fourth-order valence-corrected chi connectivity index (χ4v) is 5.32. The zero-order valence-electron chi connectivity index (χ0n) is 19.8. The molecule has 0 aliphatic carbocycles. The molecule has 0 bridgehead atoms. The van der Waals surface area contributed by atoms with Gasteiger partial charge in [-0.1, -0.05) is 62.0 Å². The molecule has 0 N–H and O–H groups in total. The van der Waals surface area contributed by atoms with Gasteiger partial charge in [-0.2, -0.15) is 0 Å². The van der Waals surface area contributed by atoms with Gasteiger partial charge < -0.3 is 4.90 Å². The van der Waals surface area contributed by atoms with Crippen molar-refractivity contribution in [2.45, 2.75) is 24.4 Å². The van der Waals surface area contributed by atoms with Crippen molar-refractivity contribution in [2.24, 2.45) is 0 Å². The molecular formula is C28H25FN4OS. The van der Waals surface area contributed by atoms with E-state index in [1.807, 2.05) is 54.1 Å². The Morgan fingerprint density at radius 2 is 1.66 bits per heavy atom. The van der Waals surface area contributed by atoms with Gasteiger partial charge in [0.05, 0.1) is 5.75 Å². The number of hydrogen-bond acceptors (Lipinski definition) is 5. The first-order valence-corrected chi connectivity index (χ1v) is 12.3. The summed E-state index contributed by atoms with van der Waals surface area (Å²) in [6.45, 7) is 4.28. The van der Waals surface area contributed by atoms with Crippen LogP contribution in [0.15, 0.2) is 95.8 Å². The number of carbonyl (C=O) groups excluding carboxylic acids is 1. The lowest BCUT2D eigenvalue weighted by atomic mass is 9.83. The van der Waals surface area contributed by atoms with Crippen LogP contribution in [-0.4, -0.2) is 33.3 Å². The number of likely N-dealkylation sites (N-methyl/N-ethyl adjacent to an activating group) is 1. The van der Waals surface area contributed by atoms with Crippen molar-refractivity contribution in [3.8, 4) is 17.1 Å². The van der Waals surface area contributed by atoms with Crippen LogP contribution in [0.2, 0.25) is 0 Å². The monoisotopic (exact) mass is 484 g/mol. The minimum absolute atomic E-state index is 0.00340. The number of rotatable bonds is 6. The van der Waals surface area contributed by atoms with Crippen molar-refractivity contribution in [2.75, 3.05) is 17.7 Å². The van der Waals surface area contributed by atoms with E-state index < -0.39 is 0 Å². The van der Waals surface area contributed by atoms with Crippen LogP contribution >= 0.6 is 11.8 Å². The molecular weight excluding hydrogens is 459 g/mol. The van der Waals surface area contributed by atoms with Crippen molar-refractivity contribution in [1.82, 2.24) is 14.8 Å². The highest BCUT2D eigenvalue weighted by Gasteiger charge is 2.38. The lowest BCUT2D eigenvalue weighted by Gasteiger charge is -2.23. The van der Waals surface area contributed by atoms with Gasteiger partial charge in [0.25, 0.3) is 0 Å². The minimum Gasteiger partial charge on any atom is -0.347 e. The number of ketones is 1. The van der Waals surface area contributed by atoms with Gasteiger partial charge in [-0.05, 0) is 48.0 Å². The summed E-state index contributed by atoms with van der Waals surface area (Å²) in [4.78, 5) is 15.2. The number of allylic oxidation sites excluding steroid dienone is 2. The highest BCUT2D eigenvalue weighted by atomic mass is 32.2. The van der Waals surface area contributed by atoms with Crippen LogP contribution in [0.4, 0.5) is 10.1 Å². The van der Waals surface area contributed by atoms with Gasteiger partial charge in [0.2, 0.25) is 0 Å². The molecule has 1 aromatic heterocycles. The standard InChI is InChI=1S/C28H25FN4OS/c1-28(2)23-11-7-8-12-24(23)32(3)25(28)17-22(34)18-35-27-31-30-26(19-13-15-20(29)16-14-19)33(27)21-9-5-4-6-10-21/h4-17H,18H2,1-3H3. The van der Waals surface area contributed by atoms with Crippen LogP contribution in [-0.2, 0) is 10.2 Å². The second-order valence-electron chi connectivity index (χ2n) is 8.97. The van der Waals surface area contributed by atoms with Crippen molar-refractivity contribution in [3.05, 3.63) is 102 Å². The normalized spacial score (nSPS) is 15.4. The molecule has 0 unspecified atom stereocenters. The van der Waals surface area contributed by atoms with Crippen LogP contribution in [0.5, 0.6) is 0 Å². The quantitative estimate of drug-likeness (QED) is 0.246. The average Bonchev–Trinajstić information content (AvgIpc) is 3.37. The Kier molecular flexibility index (Phi) is 6.03. The Hall–Kier alpha value is -3.71. The van der Waals surface area contributed by atoms with Crippen LogP contribution in [0.25, 0.3) is 17.1 Å². The van der Waals surface area contributed by atoms with Crippen LogP contribution in [0.1, 0.15) is 19.4 Å². The van der Waals surface area contributed by atoms with E-state index in [0.717, 1.165) is 22.6 Å². The fourth-order valence-electron chi connectivity index (χ4n) is 4.55. The number of thioether (sulfide) groups is 1. The van der Waals surface area contributed by atoms with E-state index in [1.165, 1.54) is 29.5 Å². The summed E-state index contributed by atoms with van der Waals surface area (Å²) in [6.07, 6.45) is 1.75. The Bertz CT molecular complexity index is 1410. The van der Waals surface area contributed by atoms with E-state index in [0.29, 0.717) is 11.0 Å². The summed E-state index contributed by atoms with van der Waals surface area (Å²) in [6, 6.07) is 24.1. The topological polar surface area (TPSA) is 51.0 Å². The summed E-state index contributed by atoms with van der Waals surface area (Å²) in [5, 5.41) is 9.34. The van der Waals surface area contributed by atoms with E-state index in [2.05, 4.69) is 41.1 Å². The molecule has 0 amide bonds. The van der Waals surface area contributed by atoms with Crippen LogP contribution in [0, 0.1) is 5.82 Å². The maximum atomic E-state index is 13.5. The van der Waals surface area contributed by atoms with Crippen molar-refractivity contribution in [3.63, 3.8) is 0 Å². The van der Waals surface area contributed by atoms with Crippen molar-refractivity contribution < 1.29 is 9.18 Å². The number of nitrogens with zero attached hydrogens (tertiary/aromatic N) is 4. The zero-order chi connectivity index (χ0) is 24.6. The maximum absolute atomic E-state index is 13.5. The molecule has 7 heteroatoms. The molecule has 1 aliphatic rings. The number of anilines is 1. The summed E-state index contributed by atoms with van der Waals surface area (Å²) in [5.74, 6) is 0.507. The Morgan fingerprint density at radius 3 is 2.37 bits per heavy atom. The lowest BCUT2D eigenvalue weighted by Crippen LogP contribution is -2.24. The molecule has 0 radical (unpaired) electrons. The third-order valence-corrected chi connectivity index (χ3v) is 7.28. The molecule has 0 spiro atoms. The highest BCUT2D eigenvalue weighted by molar-refractivity contribution is 7.99. The number of fused-ring (bicyclic) bond motifs is 1. The maximum Gasteiger partial charge on any atom is 0.196 e.